The molecule has 0 saturated heterocycles. The number of nitrogens with zero attached hydrogens (tertiary/aromatic N) is 1. The number of fused-ring (bicyclic) bond motifs is 4. The van der Waals surface area contributed by atoms with Crippen LogP contribution < -0.4 is 10.8 Å². The Morgan fingerprint density at radius 1 is 0.943 bits per heavy atom. The van der Waals surface area contributed by atoms with Crippen molar-refractivity contribution < 1.29 is 13.7 Å². The van der Waals surface area contributed by atoms with E-state index in [0.29, 0.717) is 5.89 Å². The van der Waals surface area contributed by atoms with Gasteiger partial charge in [0.2, 0.25) is 5.89 Å². The minimum atomic E-state index is -0.448. The molecule has 0 amide bonds. The number of oxazole rings is 1. The van der Waals surface area contributed by atoms with Crippen LogP contribution in [0, 0.1) is 0 Å². The molecule has 1 aromatic heterocycles. The number of rotatable bonds is 4. The third kappa shape index (κ3) is 5.29. The normalized spacial score (nSPS) is 15.3. The summed E-state index contributed by atoms with van der Waals surface area (Å²) in [7, 11) is -0.448. The van der Waals surface area contributed by atoms with E-state index >= 15 is 0 Å². The summed E-state index contributed by atoms with van der Waals surface area (Å²) < 4.78 is 18.9. The smallest absolute Gasteiger partial charge is 0.434 e. The number of anilines is 2. The van der Waals surface area contributed by atoms with Crippen molar-refractivity contribution >= 4 is 40.6 Å². The van der Waals surface area contributed by atoms with Crippen molar-refractivity contribution in [3.63, 3.8) is 0 Å². The van der Waals surface area contributed by atoms with Crippen LogP contribution in [0.25, 0.3) is 16.7 Å². The molecule has 5 nitrogen and oxygen atoms in total. The maximum Gasteiger partial charge on any atom is 0.494 e. The van der Waals surface area contributed by atoms with Crippen LogP contribution in [-0.2, 0) is 15.7 Å². The zero-order chi connectivity index (χ0) is 24.8. The standard InChI is InChI=1S/C29H33BN2O3/c1-28(2,3)34-30(35-29(4,5)6)22-14-16-23-21(18-22)17-20-13-15-24-26(25(20)31-23)33-27(32-24)19-11-9-7-8-10-12-19/h7,9-16,18,31H,8,17H2,1-6H3. The van der Waals surface area contributed by atoms with Gasteiger partial charge in [0, 0.05) is 28.9 Å². The second-order valence-electron chi connectivity index (χ2n) is 11.2. The second kappa shape index (κ2) is 8.85. The molecule has 0 fully saturated rings. The Hall–Kier alpha value is -3.09. The van der Waals surface area contributed by atoms with Gasteiger partial charge in [-0.1, -0.05) is 42.5 Å². The quantitative estimate of drug-likeness (QED) is 0.338. The van der Waals surface area contributed by atoms with Gasteiger partial charge >= 0.3 is 7.12 Å². The van der Waals surface area contributed by atoms with Gasteiger partial charge in [-0.05, 0) is 82.8 Å². The Kier molecular flexibility index (Phi) is 5.98. The van der Waals surface area contributed by atoms with E-state index in [4.69, 9.17) is 18.7 Å². The van der Waals surface area contributed by atoms with Crippen molar-refractivity contribution in [1.82, 2.24) is 4.98 Å². The molecule has 6 heteroatoms. The molecule has 0 atom stereocenters. The van der Waals surface area contributed by atoms with Crippen molar-refractivity contribution in [2.24, 2.45) is 0 Å². The van der Waals surface area contributed by atoms with Crippen LogP contribution in [0.15, 0.2) is 65.1 Å². The Labute approximate surface area is 208 Å². The fourth-order valence-electron chi connectivity index (χ4n) is 4.33. The highest BCUT2D eigenvalue weighted by molar-refractivity contribution is 6.61. The first-order valence-corrected chi connectivity index (χ1v) is 12.3. The molecule has 2 heterocycles. The number of allylic oxidation sites excluding steroid dienone is 6. The summed E-state index contributed by atoms with van der Waals surface area (Å²) in [6.07, 6.45) is 12.1. The van der Waals surface area contributed by atoms with E-state index in [1.165, 1.54) is 11.1 Å². The number of hydrogen-bond donors (Lipinski definition) is 1. The van der Waals surface area contributed by atoms with Gasteiger partial charge in [-0.2, -0.15) is 0 Å². The first-order valence-electron chi connectivity index (χ1n) is 12.3. The van der Waals surface area contributed by atoms with Crippen LogP contribution in [0.1, 0.15) is 65.0 Å². The Morgan fingerprint density at radius 2 is 1.71 bits per heavy atom. The van der Waals surface area contributed by atoms with E-state index in [9.17, 15) is 0 Å². The average Bonchev–Trinajstić information content (AvgIpc) is 3.02. The van der Waals surface area contributed by atoms with Gasteiger partial charge in [0.25, 0.3) is 0 Å². The molecular weight excluding hydrogens is 435 g/mol. The molecule has 1 aliphatic carbocycles. The summed E-state index contributed by atoms with van der Waals surface area (Å²) in [5, 5.41) is 3.61. The molecule has 0 bridgehead atoms. The molecule has 1 N–H and O–H groups in total. The first-order chi connectivity index (χ1) is 16.6. The van der Waals surface area contributed by atoms with Gasteiger partial charge < -0.3 is 19.0 Å². The van der Waals surface area contributed by atoms with Gasteiger partial charge in [-0.3, -0.25) is 0 Å². The fourth-order valence-corrected chi connectivity index (χ4v) is 4.33. The van der Waals surface area contributed by atoms with Gasteiger partial charge in [0.1, 0.15) is 5.52 Å². The summed E-state index contributed by atoms with van der Waals surface area (Å²) in [6.45, 7) is 12.3. The largest absolute Gasteiger partial charge is 0.494 e. The number of nitrogens with one attached hydrogen (secondary N) is 1. The summed E-state index contributed by atoms with van der Waals surface area (Å²) in [6, 6.07) is 10.6. The average molecular weight is 468 g/mol. The van der Waals surface area contributed by atoms with Crippen LogP contribution in [0.4, 0.5) is 11.4 Å². The van der Waals surface area contributed by atoms with Crippen molar-refractivity contribution in [2.45, 2.75) is 65.6 Å². The number of benzene rings is 2. The summed E-state index contributed by atoms with van der Waals surface area (Å²) in [5.74, 6) is 0.639. The van der Waals surface area contributed by atoms with Gasteiger partial charge in [-0.25, -0.2) is 4.98 Å². The Morgan fingerprint density at radius 3 is 2.46 bits per heavy atom. The first kappa shape index (κ1) is 23.6. The monoisotopic (exact) mass is 468 g/mol. The van der Waals surface area contributed by atoms with Crippen molar-refractivity contribution in [1.29, 1.82) is 0 Å². The van der Waals surface area contributed by atoms with Gasteiger partial charge in [0.15, 0.2) is 5.58 Å². The lowest BCUT2D eigenvalue weighted by molar-refractivity contribution is 0.0408. The minimum Gasteiger partial charge on any atom is -0.434 e. The van der Waals surface area contributed by atoms with Crippen LogP contribution in [0.2, 0.25) is 0 Å². The number of aromatic nitrogens is 1. The molecule has 0 saturated carbocycles. The summed E-state index contributed by atoms with van der Waals surface area (Å²) in [5.41, 5.74) is 7.42. The van der Waals surface area contributed by atoms with E-state index in [2.05, 4.69) is 89.4 Å². The summed E-state index contributed by atoms with van der Waals surface area (Å²) >= 11 is 0. The van der Waals surface area contributed by atoms with Crippen LogP contribution in [0.5, 0.6) is 0 Å². The molecule has 1 aliphatic heterocycles. The van der Waals surface area contributed by atoms with Gasteiger partial charge in [0.05, 0.1) is 5.69 Å². The van der Waals surface area contributed by atoms with E-state index in [-0.39, 0.29) is 11.2 Å². The maximum atomic E-state index is 6.31. The second-order valence-corrected chi connectivity index (χ2v) is 11.2. The SMILES string of the molecule is CC(C)(C)OB(OC(C)(C)C)c1ccc2c(c1)Cc1ccc3nc(C4=CC=CCC=C4)oc3c1N2. The Bertz CT molecular complexity index is 1340. The molecule has 3 aromatic rings. The lowest BCUT2D eigenvalue weighted by Gasteiger charge is -2.31. The van der Waals surface area contributed by atoms with Crippen molar-refractivity contribution in [2.75, 3.05) is 5.32 Å². The lowest BCUT2D eigenvalue weighted by atomic mass is 9.75. The molecule has 0 unspecified atom stereocenters. The predicted octanol–water partition coefficient (Wildman–Crippen LogP) is 6.70. The minimum absolute atomic E-state index is 0.329. The zero-order valence-corrected chi connectivity index (χ0v) is 21.4. The van der Waals surface area contributed by atoms with E-state index in [1.807, 2.05) is 18.2 Å². The molecular formula is C29H33BN2O3. The topological polar surface area (TPSA) is 56.5 Å². The molecule has 0 radical (unpaired) electrons. The van der Waals surface area contributed by atoms with Crippen LogP contribution in [0.3, 0.4) is 0 Å². The molecule has 35 heavy (non-hydrogen) atoms. The zero-order valence-electron chi connectivity index (χ0n) is 21.4. The summed E-state index contributed by atoms with van der Waals surface area (Å²) in [4.78, 5) is 4.75. The highest BCUT2D eigenvalue weighted by Gasteiger charge is 2.33. The molecule has 5 rings (SSSR count). The lowest BCUT2D eigenvalue weighted by Crippen LogP contribution is -2.47. The van der Waals surface area contributed by atoms with Crippen molar-refractivity contribution in [3.8, 4) is 0 Å². The highest BCUT2D eigenvalue weighted by Crippen LogP contribution is 2.39. The van der Waals surface area contributed by atoms with E-state index in [0.717, 1.165) is 46.4 Å². The van der Waals surface area contributed by atoms with E-state index < -0.39 is 7.12 Å². The van der Waals surface area contributed by atoms with Gasteiger partial charge in [-0.15, -0.1) is 0 Å². The van der Waals surface area contributed by atoms with Crippen LogP contribution >= 0.6 is 0 Å². The third-order valence-electron chi connectivity index (χ3n) is 5.84. The van der Waals surface area contributed by atoms with Crippen molar-refractivity contribution in [3.05, 3.63) is 77.7 Å². The van der Waals surface area contributed by atoms with E-state index in [1.54, 1.807) is 0 Å². The maximum absolute atomic E-state index is 6.31. The number of hydrogen-bond acceptors (Lipinski definition) is 5. The predicted molar refractivity (Wildman–Crippen MR) is 144 cm³/mol. The Balaban J connectivity index is 1.47. The molecule has 0 spiro atoms. The molecule has 2 aromatic carbocycles. The van der Waals surface area contributed by atoms with Crippen LogP contribution in [-0.4, -0.2) is 23.3 Å². The fraction of sp³-hybridized carbons (Fsp3) is 0.345. The molecule has 2 aliphatic rings. The highest BCUT2D eigenvalue weighted by atomic mass is 16.6. The molecule has 180 valence electrons. The third-order valence-corrected chi connectivity index (χ3v) is 5.84.